The summed E-state index contributed by atoms with van der Waals surface area (Å²) in [7, 11) is 0. The van der Waals surface area contributed by atoms with Gasteiger partial charge in [0.25, 0.3) is 5.91 Å². The van der Waals surface area contributed by atoms with Crippen LogP contribution in [0.1, 0.15) is 30.1 Å². The molecule has 2 rings (SSSR count). The predicted molar refractivity (Wildman–Crippen MR) is 78.0 cm³/mol. The molecule has 1 fully saturated rings. The van der Waals surface area contributed by atoms with Gasteiger partial charge in [-0.05, 0) is 31.0 Å². The molecule has 1 aliphatic rings. The lowest BCUT2D eigenvalue weighted by Crippen LogP contribution is -2.31. The Bertz CT molecular complexity index is 426. The highest BCUT2D eigenvalue weighted by Gasteiger charge is 2.24. The summed E-state index contributed by atoms with van der Waals surface area (Å²) in [6, 6.07) is 7.48. The second-order valence-corrected chi connectivity index (χ2v) is 4.68. The maximum Gasteiger partial charge on any atom is 0.254 e. The molecule has 1 saturated heterocycles. The Labute approximate surface area is 120 Å². The van der Waals surface area contributed by atoms with Crippen LogP contribution in [0.15, 0.2) is 24.3 Å². The highest BCUT2D eigenvalue weighted by atomic mass is 35.5. The van der Waals surface area contributed by atoms with Gasteiger partial charge in [0.1, 0.15) is 5.75 Å². The van der Waals surface area contributed by atoms with E-state index in [4.69, 9.17) is 10.5 Å². The van der Waals surface area contributed by atoms with E-state index >= 15 is 0 Å². The number of rotatable bonds is 4. The molecule has 5 heteroatoms. The molecule has 1 atom stereocenters. The third kappa shape index (κ3) is 4.11. The summed E-state index contributed by atoms with van der Waals surface area (Å²) < 4.78 is 5.53. The molecule has 2 N–H and O–H groups in total. The van der Waals surface area contributed by atoms with Crippen LogP contribution in [0.25, 0.3) is 0 Å². The summed E-state index contributed by atoms with van der Waals surface area (Å²) in [5.74, 6) is 0.802. The summed E-state index contributed by atoms with van der Waals surface area (Å²) in [6.45, 7) is 4.13. The molecule has 1 heterocycles. The van der Waals surface area contributed by atoms with E-state index in [0.29, 0.717) is 18.7 Å². The minimum Gasteiger partial charge on any atom is -0.494 e. The third-order valence-electron chi connectivity index (χ3n) is 3.07. The maximum absolute atomic E-state index is 12.2. The van der Waals surface area contributed by atoms with Gasteiger partial charge in [-0.2, -0.15) is 0 Å². The molecule has 0 spiro atoms. The van der Waals surface area contributed by atoms with Crippen LogP contribution in [0.4, 0.5) is 0 Å². The van der Waals surface area contributed by atoms with Gasteiger partial charge < -0.3 is 15.4 Å². The Morgan fingerprint density at radius 2 is 2.32 bits per heavy atom. The molecule has 0 saturated carbocycles. The van der Waals surface area contributed by atoms with Gasteiger partial charge in [-0.1, -0.05) is 13.0 Å². The predicted octanol–water partition coefficient (Wildman–Crippen LogP) is 2.07. The van der Waals surface area contributed by atoms with Crippen molar-refractivity contribution in [2.75, 3.05) is 19.7 Å². The van der Waals surface area contributed by atoms with Crippen molar-refractivity contribution in [1.82, 2.24) is 4.90 Å². The van der Waals surface area contributed by atoms with Gasteiger partial charge in [-0.25, -0.2) is 0 Å². The molecule has 106 valence electrons. The number of hydrogen-bond acceptors (Lipinski definition) is 3. The molecule has 19 heavy (non-hydrogen) atoms. The molecular weight excluding hydrogens is 264 g/mol. The Morgan fingerprint density at radius 3 is 2.95 bits per heavy atom. The topological polar surface area (TPSA) is 55.6 Å². The van der Waals surface area contributed by atoms with Gasteiger partial charge in [-0.3, -0.25) is 4.79 Å². The molecule has 4 nitrogen and oxygen atoms in total. The fraction of sp³-hybridized carbons (Fsp3) is 0.500. The molecule has 0 aromatic heterocycles. The second kappa shape index (κ2) is 7.36. The number of likely N-dealkylation sites (tertiary alicyclic amines) is 1. The van der Waals surface area contributed by atoms with E-state index in [1.165, 1.54) is 0 Å². The Kier molecular flexibility index (Phi) is 6.12. The summed E-state index contributed by atoms with van der Waals surface area (Å²) in [4.78, 5) is 14.0. The Morgan fingerprint density at radius 1 is 1.53 bits per heavy atom. The number of hydrogen-bond donors (Lipinski definition) is 1. The quantitative estimate of drug-likeness (QED) is 0.921. The van der Waals surface area contributed by atoms with Gasteiger partial charge in [-0.15, -0.1) is 12.4 Å². The summed E-state index contributed by atoms with van der Waals surface area (Å²) in [5.41, 5.74) is 6.50. The van der Waals surface area contributed by atoms with Gasteiger partial charge in [0.05, 0.1) is 6.61 Å². The summed E-state index contributed by atoms with van der Waals surface area (Å²) >= 11 is 0. The van der Waals surface area contributed by atoms with Crippen LogP contribution in [-0.2, 0) is 0 Å². The first-order valence-electron chi connectivity index (χ1n) is 6.48. The SMILES string of the molecule is CCCOc1cccc(C(=O)N2CC[C@@H](N)C2)c1.Cl. The molecular formula is C14H21ClN2O2. The molecule has 0 aliphatic carbocycles. The molecule has 1 aromatic carbocycles. The van der Waals surface area contributed by atoms with Crippen molar-refractivity contribution >= 4 is 18.3 Å². The Balaban J connectivity index is 0.00000180. The van der Waals surface area contributed by atoms with E-state index in [9.17, 15) is 4.79 Å². The third-order valence-corrected chi connectivity index (χ3v) is 3.07. The van der Waals surface area contributed by atoms with Gasteiger partial charge in [0.2, 0.25) is 0 Å². The normalized spacial score (nSPS) is 18.0. The summed E-state index contributed by atoms with van der Waals surface area (Å²) in [5, 5.41) is 0. The zero-order valence-corrected chi connectivity index (χ0v) is 12.0. The van der Waals surface area contributed by atoms with Gasteiger partial charge >= 0.3 is 0 Å². The van der Waals surface area contributed by atoms with Crippen LogP contribution in [0.3, 0.4) is 0 Å². The van der Waals surface area contributed by atoms with E-state index in [1.54, 1.807) is 0 Å². The highest BCUT2D eigenvalue weighted by molar-refractivity contribution is 5.94. The van der Waals surface area contributed by atoms with Gasteiger partial charge in [0.15, 0.2) is 0 Å². The molecule has 0 radical (unpaired) electrons. The molecule has 1 aliphatic heterocycles. The lowest BCUT2D eigenvalue weighted by molar-refractivity contribution is 0.0790. The summed E-state index contributed by atoms with van der Waals surface area (Å²) in [6.07, 6.45) is 1.84. The van der Waals surface area contributed by atoms with E-state index < -0.39 is 0 Å². The van der Waals surface area contributed by atoms with Crippen molar-refractivity contribution in [2.45, 2.75) is 25.8 Å². The second-order valence-electron chi connectivity index (χ2n) is 4.68. The van der Waals surface area contributed by atoms with Crippen LogP contribution in [0, 0.1) is 0 Å². The lowest BCUT2D eigenvalue weighted by atomic mass is 10.2. The van der Waals surface area contributed by atoms with Crippen molar-refractivity contribution < 1.29 is 9.53 Å². The number of carbonyl (C=O) groups is 1. The van der Waals surface area contributed by atoms with Crippen molar-refractivity contribution in [3.8, 4) is 5.75 Å². The molecule has 1 aromatic rings. The number of nitrogens with zero attached hydrogens (tertiary/aromatic N) is 1. The molecule has 0 bridgehead atoms. The Hall–Kier alpha value is -1.26. The van der Waals surface area contributed by atoms with E-state index in [0.717, 1.165) is 25.1 Å². The fourth-order valence-electron chi connectivity index (χ4n) is 2.09. The zero-order chi connectivity index (χ0) is 13.0. The number of carbonyl (C=O) groups excluding carboxylic acids is 1. The van der Waals surface area contributed by atoms with E-state index in [1.807, 2.05) is 29.2 Å². The van der Waals surface area contributed by atoms with Crippen LogP contribution in [-0.4, -0.2) is 36.5 Å². The number of benzene rings is 1. The van der Waals surface area contributed by atoms with Crippen molar-refractivity contribution in [3.63, 3.8) is 0 Å². The number of amides is 1. The smallest absolute Gasteiger partial charge is 0.254 e. The van der Waals surface area contributed by atoms with E-state index in [2.05, 4.69) is 6.92 Å². The van der Waals surface area contributed by atoms with Crippen molar-refractivity contribution in [3.05, 3.63) is 29.8 Å². The lowest BCUT2D eigenvalue weighted by Gasteiger charge is -2.16. The molecule has 1 amide bonds. The largest absolute Gasteiger partial charge is 0.494 e. The minimum atomic E-state index is 0. The van der Waals surface area contributed by atoms with E-state index in [-0.39, 0.29) is 24.4 Å². The monoisotopic (exact) mass is 284 g/mol. The molecule has 0 unspecified atom stereocenters. The number of halogens is 1. The van der Waals surface area contributed by atoms with Crippen LogP contribution in [0.5, 0.6) is 5.75 Å². The standard InChI is InChI=1S/C14H20N2O2.ClH/c1-2-8-18-13-5-3-4-11(9-13)14(17)16-7-6-12(15)10-16;/h3-5,9,12H,2,6-8,10,15H2,1H3;1H/t12-;/m1./s1. The maximum atomic E-state index is 12.2. The van der Waals surface area contributed by atoms with Crippen LogP contribution in [0.2, 0.25) is 0 Å². The zero-order valence-electron chi connectivity index (χ0n) is 11.2. The number of ether oxygens (including phenoxy) is 1. The average Bonchev–Trinajstić information content (AvgIpc) is 2.82. The fourth-order valence-corrected chi connectivity index (χ4v) is 2.09. The van der Waals surface area contributed by atoms with Crippen LogP contribution >= 0.6 is 12.4 Å². The minimum absolute atomic E-state index is 0. The first-order valence-corrected chi connectivity index (χ1v) is 6.48. The highest BCUT2D eigenvalue weighted by Crippen LogP contribution is 2.17. The first-order chi connectivity index (χ1) is 8.70. The number of nitrogens with two attached hydrogens (primary N) is 1. The van der Waals surface area contributed by atoms with Crippen molar-refractivity contribution in [2.24, 2.45) is 5.73 Å². The van der Waals surface area contributed by atoms with Gasteiger partial charge in [0, 0.05) is 24.7 Å². The van der Waals surface area contributed by atoms with Crippen LogP contribution < -0.4 is 10.5 Å². The average molecular weight is 285 g/mol. The van der Waals surface area contributed by atoms with Crippen molar-refractivity contribution in [1.29, 1.82) is 0 Å². The first kappa shape index (κ1) is 15.8.